The Labute approximate surface area is 113 Å². The van der Waals surface area contributed by atoms with Crippen molar-refractivity contribution < 1.29 is 4.92 Å². The van der Waals surface area contributed by atoms with E-state index >= 15 is 0 Å². The number of hydrogen-bond acceptors (Lipinski definition) is 5. The molecule has 1 fully saturated rings. The maximum atomic E-state index is 10.8. The zero-order valence-corrected chi connectivity index (χ0v) is 11.2. The average Bonchev–Trinajstić information content (AvgIpc) is 2.89. The molecule has 0 aromatic carbocycles. The predicted octanol–water partition coefficient (Wildman–Crippen LogP) is 2.13. The van der Waals surface area contributed by atoms with Gasteiger partial charge in [-0.1, -0.05) is 6.92 Å². The molecule has 0 amide bonds. The molecule has 1 N–H and O–H groups in total. The van der Waals surface area contributed by atoms with E-state index in [-0.39, 0.29) is 5.82 Å². The first kappa shape index (κ1) is 13.7. The number of likely N-dealkylation sites (tertiary alicyclic amines) is 1. The molecule has 1 aromatic heterocycles. The van der Waals surface area contributed by atoms with E-state index in [2.05, 4.69) is 22.1 Å². The van der Waals surface area contributed by atoms with Crippen molar-refractivity contribution in [1.29, 1.82) is 0 Å². The van der Waals surface area contributed by atoms with Crippen LogP contribution in [0.1, 0.15) is 19.8 Å². The van der Waals surface area contributed by atoms with E-state index in [0.717, 1.165) is 13.1 Å². The highest BCUT2D eigenvalue weighted by atomic mass is 16.6. The number of rotatable bonds is 6. The fraction of sp³-hybridized carbons (Fsp3) is 0.615. The molecule has 1 atom stereocenters. The molecule has 0 saturated carbocycles. The molecule has 104 valence electrons. The molecule has 1 aliphatic heterocycles. The van der Waals surface area contributed by atoms with Crippen molar-refractivity contribution in [2.45, 2.75) is 19.8 Å². The van der Waals surface area contributed by atoms with Gasteiger partial charge in [0.2, 0.25) is 0 Å². The zero-order valence-electron chi connectivity index (χ0n) is 11.2. The van der Waals surface area contributed by atoms with Crippen LogP contribution in [-0.4, -0.2) is 41.0 Å². The quantitative estimate of drug-likeness (QED) is 0.629. The summed E-state index contributed by atoms with van der Waals surface area (Å²) in [7, 11) is 0. The van der Waals surface area contributed by atoms with Crippen LogP contribution in [0, 0.1) is 16.0 Å². The number of nitrogens with zero attached hydrogens (tertiary/aromatic N) is 3. The summed E-state index contributed by atoms with van der Waals surface area (Å²) in [5.74, 6) is 0.355. The van der Waals surface area contributed by atoms with Crippen molar-refractivity contribution in [2.24, 2.45) is 5.92 Å². The molecule has 1 saturated heterocycles. The molecule has 2 heterocycles. The highest BCUT2D eigenvalue weighted by Gasteiger charge is 2.17. The monoisotopic (exact) mass is 264 g/mol. The fourth-order valence-corrected chi connectivity index (χ4v) is 2.44. The Hall–Kier alpha value is -1.69. The molecule has 0 aliphatic carbocycles. The second kappa shape index (κ2) is 6.47. The number of aromatic nitrogens is 1. The lowest BCUT2D eigenvalue weighted by atomic mass is 10.1. The number of hydrogen-bond donors (Lipinski definition) is 1. The van der Waals surface area contributed by atoms with Crippen LogP contribution in [-0.2, 0) is 0 Å². The summed E-state index contributed by atoms with van der Waals surface area (Å²) >= 11 is 0. The summed E-state index contributed by atoms with van der Waals surface area (Å²) in [5.41, 5.74) is 0.501. The number of pyridine rings is 1. The Morgan fingerprint density at radius 1 is 1.53 bits per heavy atom. The Kier molecular flexibility index (Phi) is 4.68. The van der Waals surface area contributed by atoms with E-state index in [9.17, 15) is 10.1 Å². The molecule has 1 aliphatic rings. The third-order valence-corrected chi connectivity index (χ3v) is 3.37. The lowest BCUT2D eigenvalue weighted by Crippen LogP contribution is -2.29. The van der Waals surface area contributed by atoms with Crippen LogP contribution in [0.15, 0.2) is 18.3 Å². The van der Waals surface area contributed by atoms with Crippen LogP contribution in [0.25, 0.3) is 0 Å². The van der Waals surface area contributed by atoms with Gasteiger partial charge in [0.25, 0.3) is 0 Å². The first-order valence-electron chi connectivity index (χ1n) is 6.72. The van der Waals surface area contributed by atoms with Crippen molar-refractivity contribution >= 4 is 11.5 Å². The van der Waals surface area contributed by atoms with E-state index in [1.54, 1.807) is 12.1 Å². The molecule has 0 bridgehead atoms. The van der Waals surface area contributed by atoms with Crippen LogP contribution in [0.4, 0.5) is 11.5 Å². The number of anilines is 1. The van der Waals surface area contributed by atoms with Crippen LogP contribution >= 0.6 is 0 Å². The van der Waals surface area contributed by atoms with Crippen molar-refractivity contribution in [2.75, 3.05) is 31.5 Å². The highest BCUT2D eigenvalue weighted by Crippen LogP contribution is 2.20. The smallest absolute Gasteiger partial charge is 0.378 e. The molecular formula is C13H20N4O2. The summed E-state index contributed by atoms with van der Waals surface area (Å²) in [6, 6.07) is 3.41. The summed E-state index contributed by atoms with van der Waals surface area (Å²) in [5, 5.41) is 14.0. The predicted molar refractivity (Wildman–Crippen MR) is 74.2 cm³/mol. The van der Waals surface area contributed by atoms with Crippen molar-refractivity contribution in [1.82, 2.24) is 9.88 Å². The van der Waals surface area contributed by atoms with Gasteiger partial charge in [0.15, 0.2) is 0 Å². The minimum absolute atomic E-state index is 0.101. The molecule has 1 aromatic rings. The van der Waals surface area contributed by atoms with Crippen molar-refractivity contribution in [3.8, 4) is 0 Å². The van der Waals surface area contributed by atoms with Gasteiger partial charge in [-0.3, -0.25) is 0 Å². The van der Waals surface area contributed by atoms with E-state index in [1.165, 1.54) is 32.1 Å². The van der Waals surface area contributed by atoms with Crippen LogP contribution in [0.3, 0.4) is 0 Å². The molecular weight excluding hydrogens is 244 g/mol. The van der Waals surface area contributed by atoms with E-state index in [0.29, 0.717) is 11.6 Å². The summed E-state index contributed by atoms with van der Waals surface area (Å²) in [6.45, 7) is 6.28. The largest absolute Gasteiger partial charge is 0.386 e. The van der Waals surface area contributed by atoms with Gasteiger partial charge >= 0.3 is 5.82 Å². The topological polar surface area (TPSA) is 71.3 Å². The lowest BCUT2D eigenvalue weighted by Gasteiger charge is -2.20. The van der Waals surface area contributed by atoms with E-state index in [4.69, 9.17) is 0 Å². The average molecular weight is 264 g/mol. The molecule has 6 nitrogen and oxygen atoms in total. The molecule has 19 heavy (non-hydrogen) atoms. The van der Waals surface area contributed by atoms with Gasteiger partial charge in [-0.15, -0.1) is 0 Å². The third-order valence-electron chi connectivity index (χ3n) is 3.37. The van der Waals surface area contributed by atoms with E-state index in [1.807, 2.05) is 0 Å². The van der Waals surface area contributed by atoms with Crippen molar-refractivity contribution in [3.05, 3.63) is 28.4 Å². The lowest BCUT2D eigenvalue weighted by molar-refractivity contribution is -0.388. The van der Waals surface area contributed by atoms with Crippen molar-refractivity contribution in [3.63, 3.8) is 0 Å². The second-order valence-electron chi connectivity index (χ2n) is 5.13. The first-order valence-corrected chi connectivity index (χ1v) is 6.72. The van der Waals surface area contributed by atoms with Gasteiger partial charge in [-0.05, 0) is 53.9 Å². The summed E-state index contributed by atoms with van der Waals surface area (Å²) in [4.78, 5) is 16.6. The van der Waals surface area contributed by atoms with Gasteiger partial charge in [-0.2, -0.15) is 0 Å². The summed E-state index contributed by atoms with van der Waals surface area (Å²) in [6.07, 6.45) is 4.01. The second-order valence-corrected chi connectivity index (χ2v) is 5.13. The van der Waals surface area contributed by atoms with Crippen LogP contribution < -0.4 is 5.32 Å². The number of nitro groups is 1. The normalized spacial score (nSPS) is 17.3. The molecule has 1 unspecified atom stereocenters. The van der Waals surface area contributed by atoms with Gasteiger partial charge in [-0.25, -0.2) is 0 Å². The van der Waals surface area contributed by atoms with Crippen LogP contribution in [0.5, 0.6) is 0 Å². The molecule has 0 spiro atoms. The van der Waals surface area contributed by atoms with Crippen LogP contribution in [0.2, 0.25) is 0 Å². The molecule has 2 rings (SSSR count). The van der Waals surface area contributed by atoms with Gasteiger partial charge < -0.3 is 20.3 Å². The Morgan fingerprint density at radius 2 is 2.26 bits per heavy atom. The standard InChI is InChI=1S/C13H20N4O2/c1-11(10-16-7-2-3-8-16)9-15-12-5-4-6-14-13(12)17(18)19/h4-6,11,15H,2-3,7-10H2,1H3. The molecule has 0 radical (unpaired) electrons. The maximum absolute atomic E-state index is 10.8. The zero-order chi connectivity index (χ0) is 13.7. The minimum atomic E-state index is -0.451. The van der Waals surface area contributed by atoms with Gasteiger partial charge in [0.1, 0.15) is 11.9 Å². The highest BCUT2D eigenvalue weighted by molar-refractivity contribution is 5.56. The first-order chi connectivity index (χ1) is 9.16. The Balaban J connectivity index is 1.85. The third kappa shape index (κ3) is 3.89. The summed E-state index contributed by atoms with van der Waals surface area (Å²) < 4.78 is 0. The molecule has 6 heteroatoms. The van der Waals surface area contributed by atoms with Gasteiger partial charge in [0.05, 0.1) is 0 Å². The fourth-order valence-electron chi connectivity index (χ4n) is 2.44. The van der Waals surface area contributed by atoms with Gasteiger partial charge in [0, 0.05) is 13.1 Å². The van der Waals surface area contributed by atoms with E-state index < -0.39 is 4.92 Å². The SMILES string of the molecule is CC(CNc1cccnc1[N+](=O)[O-])CN1CCCC1. The maximum Gasteiger partial charge on any atom is 0.386 e. The minimum Gasteiger partial charge on any atom is -0.378 e. The Morgan fingerprint density at radius 3 is 2.95 bits per heavy atom. The Bertz CT molecular complexity index is 432. The number of nitrogens with one attached hydrogen (secondary N) is 1.